The lowest BCUT2D eigenvalue weighted by atomic mass is 10.1. The van der Waals surface area contributed by atoms with E-state index in [1.54, 1.807) is 6.26 Å². The van der Waals surface area contributed by atoms with Gasteiger partial charge in [0.2, 0.25) is 10.0 Å². The van der Waals surface area contributed by atoms with Crippen LogP contribution in [0.1, 0.15) is 12.5 Å². The lowest BCUT2D eigenvalue weighted by molar-refractivity contribution is 0.582. The normalized spacial score (nSPS) is 17.2. The maximum atomic E-state index is 12.0. The SMILES string of the molecule is C[C@@H]1Cc2cc(-c3csc(-c4ccco4)n3)ccc2N1S(C)(=O)=O. The smallest absolute Gasteiger partial charge is 0.232 e. The molecule has 0 fully saturated rings. The number of hydrogen-bond acceptors (Lipinski definition) is 5. The Morgan fingerprint density at radius 1 is 1.33 bits per heavy atom. The molecule has 7 heteroatoms. The van der Waals surface area contributed by atoms with Gasteiger partial charge in [-0.1, -0.05) is 6.07 Å². The zero-order valence-corrected chi connectivity index (χ0v) is 14.9. The van der Waals surface area contributed by atoms with Gasteiger partial charge in [0, 0.05) is 17.0 Å². The van der Waals surface area contributed by atoms with Gasteiger partial charge < -0.3 is 4.42 Å². The van der Waals surface area contributed by atoms with E-state index < -0.39 is 10.0 Å². The van der Waals surface area contributed by atoms with Gasteiger partial charge in [-0.25, -0.2) is 13.4 Å². The number of benzene rings is 1. The van der Waals surface area contributed by atoms with Crippen molar-refractivity contribution in [2.75, 3.05) is 10.6 Å². The Morgan fingerprint density at radius 2 is 2.17 bits per heavy atom. The molecule has 0 N–H and O–H groups in total. The van der Waals surface area contributed by atoms with Crippen molar-refractivity contribution in [2.24, 2.45) is 0 Å². The fraction of sp³-hybridized carbons (Fsp3) is 0.235. The third-order valence-electron chi connectivity index (χ3n) is 4.12. The van der Waals surface area contributed by atoms with Crippen molar-refractivity contribution in [1.29, 1.82) is 0 Å². The van der Waals surface area contributed by atoms with Crippen molar-refractivity contribution in [3.05, 3.63) is 47.5 Å². The first-order valence-electron chi connectivity index (χ1n) is 7.55. The topological polar surface area (TPSA) is 63.4 Å². The fourth-order valence-electron chi connectivity index (χ4n) is 3.19. The van der Waals surface area contributed by atoms with Crippen LogP contribution in [-0.2, 0) is 16.4 Å². The molecule has 124 valence electrons. The second-order valence-corrected chi connectivity index (χ2v) is 8.69. The van der Waals surface area contributed by atoms with Gasteiger partial charge in [0.25, 0.3) is 0 Å². The van der Waals surface area contributed by atoms with Crippen molar-refractivity contribution in [2.45, 2.75) is 19.4 Å². The molecule has 0 amide bonds. The van der Waals surface area contributed by atoms with Crippen molar-refractivity contribution in [3.63, 3.8) is 0 Å². The van der Waals surface area contributed by atoms with Crippen molar-refractivity contribution >= 4 is 27.0 Å². The number of aromatic nitrogens is 1. The molecule has 0 radical (unpaired) electrons. The van der Waals surface area contributed by atoms with Crippen molar-refractivity contribution in [3.8, 4) is 22.0 Å². The first kappa shape index (κ1) is 15.4. The minimum atomic E-state index is -3.26. The van der Waals surface area contributed by atoms with Crippen LogP contribution in [0.4, 0.5) is 5.69 Å². The molecular formula is C17H16N2O3S2. The Labute approximate surface area is 144 Å². The summed E-state index contributed by atoms with van der Waals surface area (Å²) in [4.78, 5) is 4.63. The zero-order valence-electron chi connectivity index (χ0n) is 13.3. The summed E-state index contributed by atoms with van der Waals surface area (Å²) in [5.41, 5.74) is 3.68. The number of anilines is 1. The molecule has 0 bridgehead atoms. The van der Waals surface area contributed by atoms with Gasteiger partial charge in [-0.2, -0.15) is 0 Å². The number of rotatable bonds is 3. The molecule has 1 aliphatic heterocycles. The Bertz CT molecular complexity index is 991. The van der Waals surface area contributed by atoms with Gasteiger partial charge in [0.05, 0.1) is 23.9 Å². The molecule has 2 aromatic heterocycles. The van der Waals surface area contributed by atoms with E-state index in [9.17, 15) is 8.42 Å². The van der Waals surface area contributed by atoms with Gasteiger partial charge in [-0.05, 0) is 43.2 Å². The van der Waals surface area contributed by atoms with Crippen LogP contribution in [0.15, 0.2) is 46.4 Å². The molecule has 0 unspecified atom stereocenters. The second kappa shape index (κ2) is 5.46. The summed E-state index contributed by atoms with van der Waals surface area (Å²) >= 11 is 1.53. The highest BCUT2D eigenvalue weighted by Gasteiger charge is 2.32. The first-order valence-corrected chi connectivity index (χ1v) is 10.3. The van der Waals surface area contributed by atoms with E-state index in [0.29, 0.717) is 6.42 Å². The molecule has 1 atom stereocenters. The molecule has 4 rings (SSSR count). The lowest BCUT2D eigenvalue weighted by Gasteiger charge is -2.21. The van der Waals surface area contributed by atoms with Crippen LogP contribution in [-0.4, -0.2) is 25.7 Å². The number of furan rings is 1. The van der Waals surface area contributed by atoms with E-state index in [-0.39, 0.29) is 6.04 Å². The molecule has 5 nitrogen and oxygen atoms in total. The summed E-state index contributed by atoms with van der Waals surface area (Å²) in [6.45, 7) is 1.93. The minimum absolute atomic E-state index is 0.0561. The average molecular weight is 360 g/mol. The molecule has 0 spiro atoms. The highest BCUT2D eigenvalue weighted by atomic mass is 32.2. The summed E-state index contributed by atoms with van der Waals surface area (Å²) in [7, 11) is -3.26. The number of hydrogen-bond donors (Lipinski definition) is 0. The molecule has 1 aliphatic rings. The van der Waals surface area contributed by atoms with E-state index in [4.69, 9.17) is 4.42 Å². The highest BCUT2D eigenvalue weighted by Crippen LogP contribution is 2.37. The van der Waals surface area contributed by atoms with E-state index in [0.717, 1.165) is 33.3 Å². The first-order chi connectivity index (χ1) is 11.4. The highest BCUT2D eigenvalue weighted by molar-refractivity contribution is 7.92. The van der Waals surface area contributed by atoms with Crippen LogP contribution in [0.2, 0.25) is 0 Å². The Hall–Kier alpha value is -2.12. The molecule has 0 saturated carbocycles. The lowest BCUT2D eigenvalue weighted by Crippen LogP contribution is -2.34. The largest absolute Gasteiger partial charge is 0.462 e. The van der Waals surface area contributed by atoms with Crippen LogP contribution in [0.3, 0.4) is 0 Å². The summed E-state index contributed by atoms with van der Waals surface area (Å²) in [5, 5.41) is 2.83. The fourth-order valence-corrected chi connectivity index (χ4v) is 5.25. The van der Waals surface area contributed by atoms with E-state index in [1.165, 1.54) is 21.9 Å². The van der Waals surface area contributed by atoms with Crippen LogP contribution >= 0.6 is 11.3 Å². The third-order valence-corrected chi connectivity index (χ3v) is 6.25. The predicted molar refractivity (Wildman–Crippen MR) is 95.7 cm³/mol. The predicted octanol–water partition coefficient (Wildman–Crippen LogP) is 3.78. The Balaban J connectivity index is 1.72. The third kappa shape index (κ3) is 2.53. The van der Waals surface area contributed by atoms with Gasteiger partial charge in [-0.15, -0.1) is 11.3 Å². The Morgan fingerprint density at radius 3 is 2.88 bits per heavy atom. The number of thiazole rings is 1. The van der Waals surface area contributed by atoms with Crippen LogP contribution < -0.4 is 4.31 Å². The van der Waals surface area contributed by atoms with E-state index >= 15 is 0 Å². The molecule has 3 aromatic rings. The number of sulfonamides is 1. The van der Waals surface area contributed by atoms with E-state index in [1.807, 2.05) is 42.6 Å². The van der Waals surface area contributed by atoms with Crippen LogP contribution in [0.25, 0.3) is 22.0 Å². The molecule has 0 saturated heterocycles. The molecule has 0 aliphatic carbocycles. The van der Waals surface area contributed by atoms with Crippen LogP contribution in [0.5, 0.6) is 0 Å². The maximum Gasteiger partial charge on any atom is 0.232 e. The second-order valence-electron chi connectivity index (χ2n) is 5.97. The number of nitrogens with zero attached hydrogens (tertiary/aromatic N) is 2. The monoisotopic (exact) mass is 360 g/mol. The Kier molecular flexibility index (Phi) is 3.51. The quantitative estimate of drug-likeness (QED) is 0.713. The molecule has 3 heterocycles. The van der Waals surface area contributed by atoms with Gasteiger partial charge in [0.1, 0.15) is 0 Å². The summed E-state index contributed by atoms with van der Waals surface area (Å²) in [6, 6.07) is 9.51. The van der Waals surface area contributed by atoms with Gasteiger partial charge in [-0.3, -0.25) is 4.31 Å². The standard InChI is InChI=1S/C17H16N2O3S2/c1-11-8-13-9-12(5-6-15(13)19(11)24(2,20)21)14-10-23-17(18-14)16-4-3-7-22-16/h3-7,9-11H,8H2,1-2H3/t11-/m1/s1. The molecule has 1 aromatic carbocycles. The molecule has 24 heavy (non-hydrogen) atoms. The zero-order chi connectivity index (χ0) is 16.9. The van der Waals surface area contributed by atoms with E-state index in [2.05, 4.69) is 4.98 Å². The molecular weight excluding hydrogens is 344 g/mol. The summed E-state index contributed by atoms with van der Waals surface area (Å²) in [6.07, 6.45) is 3.60. The summed E-state index contributed by atoms with van der Waals surface area (Å²) in [5.74, 6) is 0.754. The van der Waals surface area contributed by atoms with Gasteiger partial charge in [0.15, 0.2) is 10.8 Å². The number of fused-ring (bicyclic) bond motifs is 1. The van der Waals surface area contributed by atoms with Crippen molar-refractivity contribution in [1.82, 2.24) is 4.98 Å². The van der Waals surface area contributed by atoms with Gasteiger partial charge >= 0.3 is 0 Å². The minimum Gasteiger partial charge on any atom is -0.462 e. The average Bonchev–Trinajstić information content (AvgIpc) is 3.23. The summed E-state index contributed by atoms with van der Waals surface area (Å²) < 4.78 is 30.9. The maximum absolute atomic E-state index is 12.0. The van der Waals surface area contributed by atoms with Crippen molar-refractivity contribution < 1.29 is 12.8 Å². The van der Waals surface area contributed by atoms with Crippen LogP contribution in [0, 0.1) is 0 Å².